The predicted molar refractivity (Wildman–Crippen MR) is 57.2 cm³/mol. The second-order valence-electron chi connectivity index (χ2n) is 3.61. The van der Waals surface area contributed by atoms with Crippen molar-refractivity contribution in [3.8, 4) is 0 Å². The Hall–Kier alpha value is -0.0951. The van der Waals surface area contributed by atoms with Crippen molar-refractivity contribution in [3.63, 3.8) is 0 Å². The maximum absolute atomic E-state index is 9.85. The van der Waals surface area contributed by atoms with Gasteiger partial charge in [0, 0.05) is 19.8 Å². The lowest BCUT2D eigenvalue weighted by atomic mass is 9.78. The molecule has 0 aromatic rings. The van der Waals surface area contributed by atoms with E-state index in [1.54, 1.807) is 0 Å². The van der Waals surface area contributed by atoms with E-state index in [2.05, 4.69) is 0 Å². The third-order valence-electron chi connectivity index (χ3n) is 2.49. The van der Waals surface area contributed by atoms with Gasteiger partial charge in [-0.25, -0.2) is 0 Å². The molecule has 0 aromatic carbocycles. The summed E-state index contributed by atoms with van der Waals surface area (Å²) in [7, 11) is 5.69. The maximum Gasteiger partial charge on any atom is 0.111 e. The summed E-state index contributed by atoms with van der Waals surface area (Å²) in [5, 5.41) is 9.85. The van der Waals surface area contributed by atoms with Gasteiger partial charge < -0.3 is 19.3 Å². The van der Waals surface area contributed by atoms with Crippen molar-refractivity contribution in [2.45, 2.75) is 38.0 Å². The number of aliphatic hydroxyl groups is 1. The van der Waals surface area contributed by atoms with E-state index in [1.165, 1.54) is 0 Å². The van der Waals surface area contributed by atoms with Gasteiger partial charge in [-0.1, -0.05) is 0 Å². The number of rotatable bonds is 5. The molecule has 0 unspecified atom stereocenters. The molecular formula is C10H19BO4. The van der Waals surface area contributed by atoms with Crippen LogP contribution in [0.2, 0.25) is 5.82 Å². The number of ether oxygens (including phenoxy) is 3. The van der Waals surface area contributed by atoms with E-state index in [0.29, 0.717) is 26.4 Å². The smallest absolute Gasteiger partial charge is 0.111 e. The van der Waals surface area contributed by atoms with Gasteiger partial charge >= 0.3 is 0 Å². The molecule has 4 atom stereocenters. The zero-order chi connectivity index (χ0) is 11.3. The normalized spacial score (nSPS) is 36.7. The highest BCUT2D eigenvalue weighted by Crippen LogP contribution is 2.24. The van der Waals surface area contributed by atoms with Crippen molar-refractivity contribution in [3.05, 3.63) is 0 Å². The van der Waals surface area contributed by atoms with Crippen LogP contribution < -0.4 is 0 Å². The summed E-state index contributed by atoms with van der Waals surface area (Å²) >= 11 is 0. The molecule has 1 N–H and O–H groups in total. The Balaban J connectivity index is 2.51. The van der Waals surface area contributed by atoms with Gasteiger partial charge in [0.05, 0.1) is 20.6 Å². The molecule has 1 heterocycles. The number of hydrogen-bond acceptors (Lipinski definition) is 4. The lowest BCUT2D eigenvalue weighted by Crippen LogP contribution is -2.51. The highest BCUT2D eigenvalue weighted by molar-refractivity contribution is 6.12. The predicted octanol–water partition coefficient (Wildman–Crippen LogP) is 0.145. The van der Waals surface area contributed by atoms with Crippen LogP contribution in [-0.4, -0.2) is 57.7 Å². The van der Waals surface area contributed by atoms with E-state index in [9.17, 15) is 5.11 Å². The van der Waals surface area contributed by atoms with E-state index in [1.807, 2.05) is 13.8 Å². The summed E-state index contributed by atoms with van der Waals surface area (Å²) < 4.78 is 16.2. The Morgan fingerprint density at radius 3 is 2.73 bits per heavy atom. The van der Waals surface area contributed by atoms with E-state index < -0.39 is 6.10 Å². The van der Waals surface area contributed by atoms with E-state index >= 15 is 0 Å². The van der Waals surface area contributed by atoms with Gasteiger partial charge in [-0.2, -0.15) is 0 Å². The summed E-state index contributed by atoms with van der Waals surface area (Å²) in [5.74, 6) is -0.376. The molecule has 0 bridgehead atoms. The fraction of sp³-hybridized carbons (Fsp3) is 1.00. The zero-order valence-electron chi connectivity index (χ0n) is 9.39. The fourth-order valence-corrected chi connectivity index (χ4v) is 1.67. The molecule has 1 saturated heterocycles. The molecule has 0 saturated carbocycles. The summed E-state index contributed by atoms with van der Waals surface area (Å²) in [5.41, 5.74) is 0. The van der Waals surface area contributed by atoms with Gasteiger partial charge in [0.2, 0.25) is 0 Å². The second-order valence-corrected chi connectivity index (χ2v) is 3.61. The highest BCUT2D eigenvalue weighted by Gasteiger charge is 2.37. The number of aliphatic hydroxyl groups excluding tert-OH is 1. The fourth-order valence-electron chi connectivity index (χ4n) is 1.67. The first kappa shape index (κ1) is 13.0. The largest absolute Gasteiger partial charge is 0.391 e. The molecule has 4 nitrogen and oxygen atoms in total. The van der Waals surface area contributed by atoms with Crippen molar-refractivity contribution >= 4 is 7.85 Å². The number of hydrogen-bond donors (Lipinski definition) is 1. The third kappa shape index (κ3) is 3.45. The Morgan fingerprint density at radius 2 is 2.13 bits per heavy atom. The molecule has 1 aliphatic heterocycles. The van der Waals surface area contributed by atoms with Gasteiger partial charge in [0.1, 0.15) is 12.2 Å². The van der Waals surface area contributed by atoms with Crippen LogP contribution in [0.15, 0.2) is 0 Å². The average molecular weight is 214 g/mol. The van der Waals surface area contributed by atoms with Crippen molar-refractivity contribution in [1.82, 2.24) is 0 Å². The summed E-state index contributed by atoms with van der Waals surface area (Å²) in [6.45, 7) is 5.74. The van der Waals surface area contributed by atoms with Crippen LogP contribution in [0.4, 0.5) is 0 Å². The summed E-state index contributed by atoms with van der Waals surface area (Å²) in [6.07, 6.45) is -1.28. The van der Waals surface area contributed by atoms with Gasteiger partial charge in [-0.3, -0.25) is 0 Å². The topological polar surface area (TPSA) is 47.9 Å². The Morgan fingerprint density at radius 1 is 1.40 bits per heavy atom. The van der Waals surface area contributed by atoms with E-state index in [0.717, 1.165) is 0 Å². The van der Waals surface area contributed by atoms with Crippen LogP contribution in [0.25, 0.3) is 0 Å². The zero-order valence-corrected chi connectivity index (χ0v) is 9.39. The minimum absolute atomic E-state index is 0.223. The lowest BCUT2D eigenvalue weighted by Gasteiger charge is -2.38. The molecule has 0 spiro atoms. The van der Waals surface area contributed by atoms with Crippen molar-refractivity contribution < 1.29 is 19.3 Å². The molecular weight excluding hydrogens is 195 g/mol. The van der Waals surface area contributed by atoms with Crippen molar-refractivity contribution in [1.29, 1.82) is 0 Å². The van der Waals surface area contributed by atoms with Crippen LogP contribution in [0.3, 0.4) is 0 Å². The van der Waals surface area contributed by atoms with Gasteiger partial charge in [-0.15, -0.1) is 0 Å². The third-order valence-corrected chi connectivity index (χ3v) is 2.49. The van der Waals surface area contributed by atoms with E-state index in [4.69, 9.17) is 22.1 Å². The Kier molecular flexibility index (Phi) is 5.60. The first-order chi connectivity index (χ1) is 7.20. The van der Waals surface area contributed by atoms with Crippen LogP contribution in [0, 0.1) is 0 Å². The molecule has 1 aliphatic rings. The standard InChI is InChI=1S/C10H19BO4/c1-3-13-6-8-10(14-4-2)9(12)7(11)5-15-8/h7-10,12H,3-6H2,1-2H3/t7-,8-,9+,10-/m1/s1. The van der Waals surface area contributed by atoms with Crippen molar-refractivity contribution in [2.75, 3.05) is 26.4 Å². The molecule has 0 amide bonds. The molecule has 0 aliphatic carbocycles. The molecule has 0 aromatic heterocycles. The SMILES string of the molecule is [B][C@@H]1CO[C@H](COCC)[C@@H](OCC)[C@H]1O. The molecule has 1 fully saturated rings. The molecule has 2 radical (unpaired) electrons. The first-order valence-corrected chi connectivity index (χ1v) is 5.45. The highest BCUT2D eigenvalue weighted by atomic mass is 16.6. The molecule has 15 heavy (non-hydrogen) atoms. The van der Waals surface area contributed by atoms with Crippen LogP contribution in [-0.2, 0) is 14.2 Å². The monoisotopic (exact) mass is 214 g/mol. The quantitative estimate of drug-likeness (QED) is 0.661. The lowest BCUT2D eigenvalue weighted by molar-refractivity contribution is -0.173. The van der Waals surface area contributed by atoms with Gasteiger partial charge in [0.15, 0.2) is 0 Å². The minimum atomic E-state index is -0.677. The van der Waals surface area contributed by atoms with Crippen LogP contribution in [0.5, 0.6) is 0 Å². The molecule has 86 valence electrons. The minimum Gasteiger partial charge on any atom is -0.391 e. The van der Waals surface area contributed by atoms with E-state index in [-0.39, 0.29) is 18.0 Å². The Bertz CT molecular complexity index is 177. The molecule has 5 heteroatoms. The van der Waals surface area contributed by atoms with Crippen LogP contribution in [0.1, 0.15) is 13.8 Å². The average Bonchev–Trinajstić information content (AvgIpc) is 2.24. The van der Waals surface area contributed by atoms with Crippen molar-refractivity contribution in [2.24, 2.45) is 0 Å². The summed E-state index contributed by atoms with van der Waals surface area (Å²) in [6, 6.07) is 0. The maximum atomic E-state index is 9.85. The molecule has 1 rings (SSSR count). The second kappa shape index (κ2) is 6.48. The Labute approximate surface area is 92.3 Å². The summed E-state index contributed by atoms with van der Waals surface area (Å²) in [4.78, 5) is 0. The van der Waals surface area contributed by atoms with Gasteiger partial charge in [-0.05, 0) is 19.7 Å². The first-order valence-electron chi connectivity index (χ1n) is 5.45. The van der Waals surface area contributed by atoms with Gasteiger partial charge in [0.25, 0.3) is 0 Å². The van der Waals surface area contributed by atoms with Crippen LogP contribution >= 0.6 is 0 Å².